The van der Waals surface area contributed by atoms with Crippen molar-refractivity contribution >= 4 is 35.1 Å². The number of aromatic nitrogens is 2. The summed E-state index contributed by atoms with van der Waals surface area (Å²) >= 11 is 6.59. The number of rotatable bonds is 12. The van der Waals surface area contributed by atoms with Crippen molar-refractivity contribution in [3.05, 3.63) is 84.1 Å². The number of nitrogens with zero attached hydrogens (tertiary/aromatic N) is 4. The molecule has 2 aromatic rings. The Balaban J connectivity index is 2.08. The number of aliphatic imine (C=N–C) groups is 1. The van der Waals surface area contributed by atoms with E-state index in [2.05, 4.69) is 23.5 Å². The van der Waals surface area contributed by atoms with Crippen molar-refractivity contribution < 1.29 is 19.1 Å². The van der Waals surface area contributed by atoms with Gasteiger partial charge in [-0.3, -0.25) is 4.99 Å². The van der Waals surface area contributed by atoms with Crippen molar-refractivity contribution in [2.75, 3.05) is 19.7 Å². The number of amides is 2. The Morgan fingerprint density at radius 1 is 1.28 bits per heavy atom. The maximum Gasteiger partial charge on any atom is 0.410 e. The van der Waals surface area contributed by atoms with Crippen molar-refractivity contribution in [3.63, 3.8) is 0 Å². The first-order valence-corrected chi connectivity index (χ1v) is 15.1. The second-order valence-electron chi connectivity index (χ2n) is 10.9. The molecule has 10 heteroatoms. The Hall–Kier alpha value is -3.85. The van der Waals surface area contributed by atoms with Gasteiger partial charge in [-0.1, -0.05) is 43.8 Å². The molecule has 43 heavy (non-hydrogen) atoms. The van der Waals surface area contributed by atoms with Gasteiger partial charge in [0.05, 0.1) is 37.0 Å². The van der Waals surface area contributed by atoms with Crippen LogP contribution in [-0.2, 0) is 16.5 Å². The van der Waals surface area contributed by atoms with Gasteiger partial charge in [-0.05, 0) is 80.9 Å². The SMILES string of the molecule is C=CN=C(/C=C\C)C(c1ccc(Cl)cc1C(=C)C(NC(=O)OCCC)c1cncn1C)C1CCN(C(=O)OC(C)C)CC1. The second-order valence-corrected chi connectivity index (χ2v) is 11.3. The van der Waals surface area contributed by atoms with Crippen LogP contribution in [-0.4, -0.2) is 58.1 Å². The summed E-state index contributed by atoms with van der Waals surface area (Å²) in [6.45, 7) is 17.4. The van der Waals surface area contributed by atoms with Crippen molar-refractivity contribution in [2.45, 2.75) is 65.0 Å². The second kappa shape index (κ2) is 16.1. The minimum atomic E-state index is -0.635. The van der Waals surface area contributed by atoms with Gasteiger partial charge >= 0.3 is 12.2 Å². The highest BCUT2D eigenvalue weighted by Gasteiger charge is 2.35. The van der Waals surface area contributed by atoms with Crippen LogP contribution in [0.1, 0.15) is 75.7 Å². The van der Waals surface area contributed by atoms with Gasteiger partial charge in [0.1, 0.15) is 0 Å². The Morgan fingerprint density at radius 3 is 2.58 bits per heavy atom. The number of piperidine rings is 1. The van der Waals surface area contributed by atoms with E-state index in [1.807, 2.05) is 69.7 Å². The minimum absolute atomic E-state index is 0.142. The van der Waals surface area contributed by atoms with Crippen LogP contribution in [0.25, 0.3) is 5.57 Å². The predicted octanol–water partition coefficient (Wildman–Crippen LogP) is 7.47. The number of benzene rings is 1. The quantitative estimate of drug-likeness (QED) is 0.252. The number of allylic oxidation sites excluding steroid dienone is 2. The summed E-state index contributed by atoms with van der Waals surface area (Å²) in [5, 5.41) is 3.53. The molecule has 1 saturated heterocycles. The topological polar surface area (TPSA) is 98.0 Å². The average Bonchev–Trinajstić information content (AvgIpc) is 3.40. The molecule has 1 aromatic carbocycles. The van der Waals surface area contributed by atoms with E-state index >= 15 is 0 Å². The highest BCUT2D eigenvalue weighted by Crippen LogP contribution is 2.41. The Morgan fingerprint density at radius 2 is 2.00 bits per heavy atom. The van der Waals surface area contributed by atoms with Crippen LogP contribution in [0.3, 0.4) is 0 Å². The Kier molecular flexibility index (Phi) is 12.6. The molecule has 2 heterocycles. The Labute approximate surface area is 260 Å². The summed E-state index contributed by atoms with van der Waals surface area (Å²) in [4.78, 5) is 36.2. The molecule has 1 aliphatic heterocycles. The number of alkyl carbamates (subject to hydrolysis) is 1. The lowest BCUT2D eigenvalue weighted by Crippen LogP contribution is -2.41. The zero-order chi connectivity index (χ0) is 31.5. The summed E-state index contributed by atoms with van der Waals surface area (Å²) in [6, 6.07) is 5.11. The van der Waals surface area contributed by atoms with E-state index in [1.165, 1.54) is 0 Å². The molecule has 9 nitrogen and oxygen atoms in total. The van der Waals surface area contributed by atoms with Crippen LogP contribution in [0.2, 0.25) is 5.02 Å². The molecule has 0 spiro atoms. The summed E-state index contributed by atoms with van der Waals surface area (Å²) in [5.41, 5.74) is 3.97. The molecule has 0 aliphatic carbocycles. The molecule has 1 fully saturated rings. The van der Waals surface area contributed by atoms with E-state index in [9.17, 15) is 9.59 Å². The van der Waals surface area contributed by atoms with E-state index in [1.54, 1.807) is 23.6 Å². The lowest BCUT2D eigenvalue weighted by atomic mass is 9.74. The van der Waals surface area contributed by atoms with Crippen LogP contribution in [0, 0.1) is 5.92 Å². The molecule has 3 rings (SSSR count). The average molecular weight is 610 g/mol. The van der Waals surface area contributed by atoms with Gasteiger partial charge in [0, 0.05) is 43.0 Å². The summed E-state index contributed by atoms with van der Waals surface area (Å²) in [5.74, 6) is -0.0240. The number of ether oxygens (including phenoxy) is 2. The number of hydrogen-bond donors (Lipinski definition) is 1. The first kappa shape index (κ1) is 33.6. The van der Waals surface area contributed by atoms with Crippen molar-refractivity contribution in [1.82, 2.24) is 19.8 Å². The van der Waals surface area contributed by atoms with Gasteiger partial charge in [-0.25, -0.2) is 14.6 Å². The van der Waals surface area contributed by atoms with Crippen molar-refractivity contribution in [1.29, 1.82) is 0 Å². The van der Waals surface area contributed by atoms with Crippen LogP contribution >= 0.6 is 11.6 Å². The van der Waals surface area contributed by atoms with Crippen molar-refractivity contribution in [3.8, 4) is 0 Å². The molecule has 1 aliphatic rings. The van der Waals surface area contributed by atoms with Crippen LogP contribution in [0.15, 0.2) is 67.2 Å². The van der Waals surface area contributed by atoms with Gasteiger partial charge < -0.3 is 24.3 Å². The number of nitrogens with one attached hydrogen (secondary N) is 1. The predicted molar refractivity (Wildman–Crippen MR) is 172 cm³/mol. The van der Waals surface area contributed by atoms with E-state index in [4.69, 9.17) is 26.1 Å². The number of hydrogen-bond acceptors (Lipinski definition) is 6. The monoisotopic (exact) mass is 609 g/mol. The van der Waals surface area contributed by atoms with Gasteiger partial charge in [-0.15, -0.1) is 0 Å². The zero-order valence-corrected chi connectivity index (χ0v) is 26.6. The summed E-state index contributed by atoms with van der Waals surface area (Å²) in [6.07, 6.45) is 10.0. The van der Waals surface area contributed by atoms with Gasteiger partial charge in [0.15, 0.2) is 0 Å². The third kappa shape index (κ3) is 8.83. The maximum atomic E-state index is 12.8. The summed E-state index contributed by atoms with van der Waals surface area (Å²) in [7, 11) is 1.86. The van der Waals surface area contributed by atoms with Gasteiger partial charge in [0.2, 0.25) is 0 Å². The third-order valence-corrected chi connectivity index (χ3v) is 7.63. The van der Waals surface area contributed by atoms with Crippen LogP contribution in [0.4, 0.5) is 9.59 Å². The van der Waals surface area contributed by atoms with Gasteiger partial charge in [-0.2, -0.15) is 0 Å². The number of halogens is 1. The molecule has 2 atom stereocenters. The highest BCUT2D eigenvalue weighted by atomic mass is 35.5. The highest BCUT2D eigenvalue weighted by molar-refractivity contribution is 6.30. The molecule has 2 amide bonds. The normalized spacial score (nSPS) is 15.8. The fourth-order valence-electron chi connectivity index (χ4n) is 5.42. The number of carbonyl (C=O) groups excluding carboxylic acids is 2. The van der Waals surface area contributed by atoms with Crippen LogP contribution in [0.5, 0.6) is 0 Å². The fraction of sp³-hybridized carbons (Fsp3) is 0.455. The van der Waals surface area contributed by atoms with E-state index in [0.717, 1.165) is 35.4 Å². The zero-order valence-electron chi connectivity index (χ0n) is 25.9. The number of carbonyl (C=O) groups is 2. The number of likely N-dealkylation sites (tertiary alicyclic amines) is 1. The molecule has 232 valence electrons. The maximum absolute atomic E-state index is 12.8. The lowest BCUT2D eigenvalue weighted by molar-refractivity contribution is 0.0648. The molecular formula is C33H44ClN5O4. The fourth-order valence-corrected chi connectivity index (χ4v) is 5.59. The first-order valence-electron chi connectivity index (χ1n) is 14.8. The molecule has 1 aromatic heterocycles. The van der Waals surface area contributed by atoms with Crippen LogP contribution < -0.4 is 5.32 Å². The molecule has 2 unspecified atom stereocenters. The van der Waals surface area contributed by atoms with E-state index in [-0.39, 0.29) is 24.0 Å². The van der Waals surface area contributed by atoms with Crippen molar-refractivity contribution in [2.24, 2.45) is 18.0 Å². The lowest BCUT2D eigenvalue weighted by Gasteiger charge is -2.37. The van der Waals surface area contributed by atoms with E-state index in [0.29, 0.717) is 36.7 Å². The third-order valence-electron chi connectivity index (χ3n) is 7.40. The minimum Gasteiger partial charge on any atom is -0.450 e. The first-order chi connectivity index (χ1) is 20.6. The molecule has 1 N–H and O–H groups in total. The molecule has 0 bridgehead atoms. The standard InChI is InChI=1S/C33H44ClN5O4/c1-8-11-28(36-10-3)30(24-14-16-39(17-15-24)33(41)43-22(4)5)26-13-12-25(34)19-27(26)23(6)31(29-20-35-21-38(29)7)37-32(40)42-18-9-2/h8,10-13,19-22,24,30-31H,3,6,9,14-18H2,1-2,4-5,7H3,(H,37,40)/b11-8-,36-28?. The molecular weight excluding hydrogens is 566 g/mol. The Bertz CT molecular complexity index is 1340. The number of aryl methyl sites for hydroxylation is 1. The van der Waals surface area contributed by atoms with E-state index < -0.39 is 12.1 Å². The van der Waals surface area contributed by atoms with Gasteiger partial charge in [0.25, 0.3) is 0 Å². The largest absolute Gasteiger partial charge is 0.450 e. The number of imidazole rings is 1. The smallest absolute Gasteiger partial charge is 0.410 e. The summed E-state index contributed by atoms with van der Waals surface area (Å²) < 4.78 is 12.7. The molecule has 0 radical (unpaired) electrons. The molecule has 0 saturated carbocycles.